The van der Waals surface area contributed by atoms with Crippen molar-refractivity contribution in [2.24, 2.45) is 0 Å². The number of amides is 1. The van der Waals surface area contributed by atoms with Crippen LogP contribution < -0.4 is 5.32 Å². The van der Waals surface area contributed by atoms with E-state index in [0.717, 1.165) is 31.7 Å². The maximum Gasteiger partial charge on any atom is 0.217 e. The molecular weight excluding hydrogens is 246 g/mol. The van der Waals surface area contributed by atoms with E-state index in [-0.39, 0.29) is 16.7 Å². The number of hydrogen-bond acceptors (Lipinski definition) is 3. The number of likely N-dealkylation sites (tertiary alicyclic amines) is 1. The molecule has 1 aliphatic rings. The van der Waals surface area contributed by atoms with Crippen LogP contribution in [0, 0.1) is 5.41 Å². The van der Waals surface area contributed by atoms with Crippen molar-refractivity contribution in [3.63, 3.8) is 0 Å². The second kappa shape index (κ2) is 6.45. The van der Waals surface area contributed by atoms with E-state index in [1.165, 1.54) is 6.92 Å². The van der Waals surface area contributed by atoms with Crippen LogP contribution in [-0.2, 0) is 4.79 Å². The van der Waals surface area contributed by atoms with Gasteiger partial charge in [0.25, 0.3) is 0 Å². The van der Waals surface area contributed by atoms with Crippen LogP contribution in [-0.4, -0.2) is 46.3 Å². The normalized spacial score (nSPS) is 17.7. The Kier molecular flexibility index (Phi) is 5.50. The Bertz CT molecular complexity index is 306. The number of thioether (sulfide) groups is 1. The molecule has 0 spiro atoms. The first kappa shape index (κ1) is 15.3. The van der Waals surface area contributed by atoms with Gasteiger partial charge in [-0.1, -0.05) is 20.8 Å². The molecule has 0 aromatic rings. The third-order valence-corrected chi connectivity index (χ3v) is 4.20. The molecule has 2 N–H and O–H groups in total. The fourth-order valence-electron chi connectivity index (χ4n) is 1.95. The highest BCUT2D eigenvalue weighted by atomic mass is 32.2. The lowest BCUT2D eigenvalue weighted by Crippen LogP contribution is -2.48. The van der Waals surface area contributed by atoms with Crippen LogP contribution in [0.2, 0.25) is 0 Å². The maximum absolute atomic E-state index is 11.3. The summed E-state index contributed by atoms with van der Waals surface area (Å²) in [5.41, 5.74) is 0. The fourth-order valence-corrected chi connectivity index (χ4v) is 2.85. The van der Waals surface area contributed by atoms with Crippen molar-refractivity contribution in [2.75, 3.05) is 18.8 Å². The molecule has 1 amide bonds. The number of carbonyl (C=O) groups is 1. The van der Waals surface area contributed by atoms with Crippen molar-refractivity contribution in [3.05, 3.63) is 0 Å². The molecule has 18 heavy (non-hydrogen) atoms. The van der Waals surface area contributed by atoms with Gasteiger partial charge >= 0.3 is 0 Å². The summed E-state index contributed by atoms with van der Waals surface area (Å²) in [5.74, 6) is 1.27. The molecule has 1 fully saturated rings. The van der Waals surface area contributed by atoms with Gasteiger partial charge in [-0.25, -0.2) is 0 Å². The third kappa shape index (κ3) is 5.29. The van der Waals surface area contributed by atoms with Gasteiger partial charge in [-0.3, -0.25) is 10.2 Å². The molecule has 1 saturated heterocycles. The molecule has 1 atom stereocenters. The number of nitrogens with one attached hydrogen (secondary N) is 2. The molecule has 0 bridgehead atoms. The predicted octanol–water partition coefficient (Wildman–Crippen LogP) is 2.10. The van der Waals surface area contributed by atoms with Crippen LogP contribution in [0.15, 0.2) is 0 Å². The summed E-state index contributed by atoms with van der Waals surface area (Å²) >= 11 is 1.79. The lowest BCUT2D eigenvalue weighted by atomic mass is 10.2. The molecular formula is C13H25N3OS. The van der Waals surface area contributed by atoms with Crippen LogP contribution in [0.5, 0.6) is 0 Å². The molecule has 5 heteroatoms. The second-order valence-corrected chi connectivity index (χ2v) is 7.60. The number of carbonyl (C=O) groups excluding carboxylic acids is 1. The summed E-state index contributed by atoms with van der Waals surface area (Å²) in [7, 11) is 0. The minimum absolute atomic E-state index is 0.0570. The van der Waals surface area contributed by atoms with E-state index in [9.17, 15) is 4.79 Å². The van der Waals surface area contributed by atoms with E-state index >= 15 is 0 Å². The number of amidine groups is 1. The van der Waals surface area contributed by atoms with E-state index in [1.807, 2.05) is 0 Å². The van der Waals surface area contributed by atoms with Gasteiger partial charge in [-0.15, -0.1) is 0 Å². The summed E-state index contributed by atoms with van der Waals surface area (Å²) in [6.07, 6.45) is 2.31. The van der Waals surface area contributed by atoms with Gasteiger partial charge < -0.3 is 10.2 Å². The second-order valence-electron chi connectivity index (χ2n) is 5.76. The average Bonchev–Trinajstić information content (AvgIpc) is 2.74. The van der Waals surface area contributed by atoms with Crippen molar-refractivity contribution < 1.29 is 4.79 Å². The highest BCUT2D eigenvalue weighted by Gasteiger charge is 2.25. The van der Waals surface area contributed by atoms with Crippen LogP contribution in [0.25, 0.3) is 0 Å². The molecule has 0 aromatic heterocycles. The van der Waals surface area contributed by atoms with E-state index in [1.54, 1.807) is 11.8 Å². The zero-order valence-electron chi connectivity index (χ0n) is 11.9. The SMILES string of the molecule is CC(=O)N[C@@H](CSC(C)(C)C)C(=N)N1CCCC1. The van der Waals surface area contributed by atoms with Crippen molar-refractivity contribution in [1.82, 2.24) is 10.2 Å². The highest BCUT2D eigenvalue weighted by molar-refractivity contribution is 8.00. The Labute approximate surface area is 114 Å². The lowest BCUT2D eigenvalue weighted by Gasteiger charge is -2.28. The highest BCUT2D eigenvalue weighted by Crippen LogP contribution is 2.24. The monoisotopic (exact) mass is 271 g/mol. The molecule has 1 heterocycles. The first-order valence-electron chi connectivity index (χ1n) is 6.54. The zero-order valence-corrected chi connectivity index (χ0v) is 12.7. The van der Waals surface area contributed by atoms with Crippen LogP contribution in [0.3, 0.4) is 0 Å². The Balaban J connectivity index is 2.58. The summed E-state index contributed by atoms with van der Waals surface area (Å²) in [4.78, 5) is 13.3. The molecule has 1 aliphatic heterocycles. The van der Waals surface area contributed by atoms with Crippen LogP contribution >= 0.6 is 11.8 Å². The first-order valence-corrected chi connectivity index (χ1v) is 7.52. The quantitative estimate of drug-likeness (QED) is 0.608. The van der Waals surface area contributed by atoms with E-state index in [2.05, 4.69) is 31.0 Å². The summed E-state index contributed by atoms with van der Waals surface area (Å²) in [6.45, 7) is 9.89. The Hall–Kier alpha value is -0.710. The van der Waals surface area contributed by atoms with E-state index in [4.69, 9.17) is 5.41 Å². The Morgan fingerprint density at radius 1 is 1.39 bits per heavy atom. The van der Waals surface area contributed by atoms with Gasteiger partial charge in [0.1, 0.15) is 5.84 Å². The molecule has 0 radical (unpaired) electrons. The van der Waals surface area contributed by atoms with Crippen molar-refractivity contribution in [3.8, 4) is 0 Å². The molecule has 0 aliphatic carbocycles. The summed E-state index contributed by atoms with van der Waals surface area (Å²) in [5, 5.41) is 11.1. The number of hydrogen-bond donors (Lipinski definition) is 2. The van der Waals surface area contributed by atoms with Crippen molar-refractivity contribution in [1.29, 1.82) is 5.41 Å². The van der Waals surface area contributed by atoms with Gasteiger partial charge in [0.2, 0.25) is 5.91 Å². The molecule has 4 nitrogen and oxygen atoms in total. The molecule has 1 rings (SSSR count). The fraction of sp³-hybridized carbons (Fsp3) is 0.846. The lowest BCUT2D eigenvalue weighted by molar-refractivity contribution is -0.119. The standard InChI is InChI=1S/C13H25N3OS/c1-10(17)15-11(9-18-13(2,3)4)12(14)16-7-5-6-8-16/h11,14H,5-9H2,1-4H3,(H,15,17)/t11-/m0/s1. The van der Waals surface area contributed by atoms with Crippen LogP contribution in [0.4, 0.5) is 0 Å². The maximum atomic E-state index is 11.3. The number of rotatable bonds is 4. The van der Waals surface area contributed by atoms with E-state index in [0.29, 0.717) is 5.84 Å². The van der Waals surface area contributed by atoms with Gasteiger partial charge in [0, 0.05) is 30.5 Å². The van der Waals surface area contributed by atoms with E-state index < -0.39 is 0 Å². The predicted molar refractivity (Wildman–Crippen MR) is 78.3 cm³/mol. The number of nitrogens with zero attached hydrogens (tertiary/aromatic N) is 1. The smallest absolute Gasteiger partial charge is 0.217 e. The van der Waals surface area contributed by atoms with Gasteiger partial charge in [0.05, 0.1) is 6.04 Å². The van der Waals surface area contributed by atoms with Gasteiger partial charge in [-0.2, -0.15) is 11.8 Å². The largest absolute Gasteiger partial charge is 0.359 e. The van der Waals surface area contributed by atoms with Crippen molar-refractivity contribution in [2.45, 2.75) is 51.3 Å². The first-order chi connectivity index (χ1) is 8.29. The summed E-state index contributed by atoms with van der Waals surface area (Å²) in [6, 6.07) is -0.162. The minimum atomic E-state index is -0.162. The average molecular weight is 271 g/mol. The molecule has 0 unspecified atom stereocenters. The molecule has 104 valence electrons. The Morgan fingerprint density at radius 3 is 2.39 bits per heavy atom. The minimum Gasteiger partial charge on any atom is -0.359 e. The van der Waals surface area contributed by atoms with Crippen LogP contribution in [0.1, 0.15) is 40.5 Å². The van der Waals surface area contributed by atoms with Crippen molar-refractivity contribution >= 4 is 23.5 Å². The molecule has 0 aromatic carbocycles. The third-order valence-electron chi connectivity index (χ3n) is 2.84. The van der Waals surface area contributed by atoms with Gasteiger partial charge in [0.15, 0.2) is 0 Å². The topological polar surface area (TPSA) is 56.2 Å². The molecule has 0 saturated carbocycles. The van der Waals surface area contributed by atoms with Gasteiger partial charge in [-0.05, 0) is 12.8 Å². The zero-order chi connectivity index (χ0) is 13.8. The Morgan fingerprint density at radius 2 is 1.94 bits per heavy atom. The summed E-state index contributed by atoms with van der Waals surface area (Å²) < 4.78 is 0.155.